The molecule has 0 radical (unpaired) electrons. The van der Waals surface area contributed by atoms with Gasteiger partial charge in [-0.15, -0.1) is 0 Å². The van der Waals surface area contributed by atoms with Crippen LogP contribution in [0.4, 0.5) is 9.93 Å². The maximum Gasteiger partial charge on any atom is 0.413 e. The first kappa shape index (κ1) is 21.6. The molecule has 0 bridgehead atoms. The number of nitrogens with one attached hydrogen (secondary N) is 2. The minimum absolute atomic E-state index is 0.0413. The van der Waals surface area contributed by atoms with E-state index in [4.69, 9.17) is 9.84 Å². The van der Waals surface area contributed by atoms with Gasteiger partial charge in [-0.2, -0.15) is 0 Å². The van der Waals surface area contributed by atoms with Gasteiger partial charge in [0.15, 0.2) is 5.13 Å². The molecule has 0 saturated heterocycles. The van der Waals surface area contributed by atoms with Gasteiger partial charge in [-0.25, -0.2) is 9.78 Å². The van der Waals surface area contributed by atoms with Crippen molar-refractivity contribution < 1.29 is 24.2 Å². The number of anilines is 1. The third kappa shape index (κ3) is 4.20. The van der Waals surface area contributed by atoms with Crippen LogP contribution in [-0.2, 0) is 9.53 Å². The van der Waals surface area contributed by atoms with Crippen molar-refractivity contribution in [3.63, 3.8) is 0 Å². The molecule has 3 aromatic carbocycles. The highest BCUT2D eigenvalue weighted by atomic mass is 32.1. The van der Waals surface area contributed by atoms with E-state index in [2.05, 4.69) is 39.9 Å². The first-order valence-electron chi connectivity index (χ1n) is 10.5. The lowest BCUT2D eigenvalue weighted by Crippen LogP contribution is -2.29. The molecule has 0 spiro atoms. The molecule has 1 aliphatic rings. The molecule has 5 rings (SSSR count). The molecule has 4 aromatic rings. The summed E-state index contributed by atoms with van der Waals surface area (Å²) in [6.45, 7) is -0.271. The standard InChI is InChI=1S/C25H19N3O5S/c29-22(30)12-26-23(31)14-9-10-20-21(11-14)34-24(27-20)28-25(32)33-13-19-17-7-3-1-5-15(17)16-6-2-4-8-18(16)19/h1-11,19H,12-13H2,(H,26,31)(H,29,30)(H,27,28,32). The van der Waals surface area contributed by atoms with E-state index in [-0.39, 0.29) is 12.5 Å². The van der Waals surface area contributed by atoms with Crippen LogP contribution in [0.2, 0.25) is 0 Å². The first-order chi connectivity index (χ1) is 16.5. The van der Waals surface area contributed by atoms with Crippen LogP contribution >= 0.6 is 11.3 Å². The minimum Gasteiger partial charge on any atom is -0.480 e. The minimum atomic E-state index is -1.12. The highest BCUT2D eigenvalue weighted by Gasteiger charge is 2.29. The van der Waals surface area contributed by atoms with Crippen molar-refractivity contribution in [2.75, 3.05) is 18.5 Å². The Hall–Kier alpha value is -4.24. The molecule has 8 nitrogen and oxygen atoms in total. The number of carboxylic acid groups (broad SMARTS) is 1. The van der Waals surface area contributed by atoms with Crippen LogP contribution in [0.25, 0.3) is 21.3 Å². The summed E-state index contributed by atoms with van der Waals surface area (Å²) in [5, 5.41) is 14.0. The number of rotatable bonds is 6. The maximum atomic E-state index is 12.5. The Labute approximate surface area is 198 Å². The van der Waals surface area contributed by atoms with Crippen LogP contribution in [0.5, 0.6) is 0 Å². The average molecular weight is 474 g/mol. The number of nitrogens with zero attached hydrogens (tertiary/aromatic N) is 1. The number of thiazole rings is 1. The van der Waals surface area contributed by atoms with Gasteiger partial charge >= 0.3 is 12.1 Å². The van der Waals surface area contributed by atoms with Gasteiger partial charge in [-0.3, -0.25) is 14.9 Å². The second-order valence-corrected chi connectivity index (χ2v) is 8.76. The SMILES string of the molecule is O=C(O)CNC(=O)c1ccc2nc(NC(=O)OCC3c4ccccc4-c4ccccc43)sc2c1. The smallest absolute Gasteiger partial charge is 0.413 e. The second kappa shape index (κ2) is 8.95. The lowest BCUT2D eigenvalue weighted by Gasteiger charge is -2.14. The normalized spacial score (nSPS) is 12.1. The van der Waals surface area contributed by atoms with Crippen molar-refractivity contribution in [2.24, 2.45) is 0 Å². The fourth-order valence-electron chi connectivity index (χ4n) is 4.10. The molecule has 34 heavy (non-hydrogen) atoms. The molecule has 2 amide bonds. The zero-order chi connectivity index (χ0) is 23.7. The van der Waals surface area contributed by atoms with E-state index in [1.165, 1.54) is 11.3 Å². The Balaban J connectivity index is 1.26. The molecular formula is C25H19N3O5S. The van der Waals surface area contributed by atoms with Crippen molar-refractivity contribution in [1.82, 2.24) is 10.3 Å². The average Bonchev–Trinajstić information content (AvgIpc) is 3.38. The van der Waals surface area contributed by atoms with Crippen molar-refractivity contribution in [1.29, 1.82) is 0 Å². The monoisotopic (exact) mass is 473 g/mol. The fraction of sp³-hybridized carbons (Fsp3) is 0.120. The molecule has 170 valence electrons. The summed E-state index contributed by atoms with van der Waals surface area (Å²) in [5.41, 5.74) is 5.48. The van der Waals surface area contributed by atoms with Crippen LogP contribution in [0.1, 0.15) is 27.4 Å². The fourth-order valence-corrected chi connectivity index (χ4v) is 4.99. The highest BCUT2D eigenvalue weighted by Crippen LogP contribution is 2.44. The van der Waals surface area contributed by atoms with E-state index < -0.39 is 24.5 Å². The van der Waals surface area contributed by atoms with Gasteiger partial charge in [0.1, 0.15) is 13.2 Å². The Morgan fingerprint density at radius 3 is 2.32 bits per heavy atom. The third-order valence-corrected chi connectivity index (χ3v) is 6.54. The van der Waals surface area contributed by atoms with Gasteiger partial charge in [0, 0.05) is 11.5 Å². The number of amides is 2. The zero-order valence-electron chi connectivity index (χ0n) is 17.8. The Morgan fingerprint density at radius 2 is 1.65 bits per heavy atom. The Morgan fingerprint density at radius 1 is 0.971 bits per heavy atom. The van der Waals surface area contributed by atoms with Crippen molar-refractivity contribution in [3.05, 3.63) is 83.4 Å². The van der Waals surface area contributed by atoms with Gasteiger partial charge < -0.3 is 15.2 Å². The number of benzene rings is 3. The molecule has 0 atom stereocenters. The van der Waals surface area contributed by atoms with Gasteiger partial charge in [0.2, 0.25) is 0 Å². The van der Waals surface area contributed by atoms with E-state index in [9.17, 15) is 14.4 Å². The van der Waals surface area contributed by atoms with E-state index >= 15 is 0 Å². The number of carbonyl (C=O) groups excluding carboxylic acids is 2. The summed E-state index contributed by atoms with van der Waals surface area (Å²) in [4.78, 5) is 39.6. The third-order valence-electron chi connectivity index (χ3n) is 5.60. The number of hydrogen-bond acceptors (Lipinski definition) is 6. The molecular weight excluding hydrogens is 454 g/mol. The van der Waals surface area contributed by atoms with E-state index in [1.54, 1.807) is 18.2 Å². The van der Waals surface area contributed by atoms with Crippen molar-refractivity contribution >= 4 is 44.7 Å². The summed E-state index contributed by atoms with van der Waals surface area (Å²) < 4.78 is 6.23. The predicted molar refractivity (Wildman–Crippen MR) is 128 cm³/mol. The molecule has 3 N–H and O–H groups in total. The van der Waals surface area contributed by atoms with Crippen LogP contribution < -0.4 is 10.6 Å². The molecule has 0 unspecified atom stereocenters. The van der Waals surface area contributed by atoms with E-state index in [0.717, 1.165) is 22.3 Å². The number of carboxylic acids is 1. The molecule has 1 aromatic heterocycles. The highest BCUT2D eigenvalue weighted by molar-refractivity contribution is 7.22. The number of aromatic nitrogens is 1. The first-order valence-corrected chi connectivity index (χ1v) is 11.3. The van der Waals surface area contributed by atoms with Crippen molar-refractivity contribution in [2.45, 2.75) is 5.92 Å². The number of hydrogen-bond donors (Lipinski definition) is 3. The summed E-state index contributed by atoms with van der Waals surface area (Å²) in [5.74, 6) is -1.66. The summed E-state index contributed by atoms with van der Waals surface area (Å²) in [7, 11) is 0. The molecule has 1 aliphatic carbocycles. The molecule has 9 heteroatoms. The van der Waals surface area contributed by atoms with Gasteiger partial charge in [-0.05, 0) is 40.5 Å². The van der Waals surface area contributed by atoms with Gasteiger partial charge in [-0.1, -0.05) is 59.9 Å². The maximum absolute atomic E-state index is 12.5. The summed E-state index contributed by atoms with van der Waals surface area (Å²) in [6, 6.07) is 21.0. The second-order valence-electron chi connectivity index (χ2n) is 7.73. The van der Waals surface area contributed by atoms with Crippen LogP contribution in [0, 0.1) is 0 Å². The Bertz CT molecular complexity index is 1390. The Kier molecular flexibility index (Phi) is 5.69. The molecule has 1 heterocycles. The topological polar surface area (TPSA) is 118 Å². The van der Waals surface area contributed by atoms with Gasteiger partial charge in [0.05, 0.1) is 10.2 Å². The number of ether oxygens (including phenoxy) is 1. The molecule has 0 saturated carbocycles. The summed E-state index contributed by atoms with van der Waals surface area (Å²) in [6.07, 6.45) is -0.611. The molecule has 0 aliphatic heterocycles. The van der Waals surface area contributed by atoms with Crippen LogP contribution in [-0.4, -0.2) is 41.2 Å². The number of fused-ring (bicyclic) bond motifs is 4. The van der Waals surface area contributed by atoms with Crippen LogP contribution in [0.3, 0.4) is 0 Å². The largest absolute Gasteiger partial charge is 0.480 e. The van der Waals surface area contributed by atoms with Gasteiger partial charge in [0.25, 0.3) is 5.91 Å². The number of aliphatic carboxylic acids is 1. The quantitative estimate of drug-likeness (QED) is 0.380. The van der Waals surface area contributed by atoms with E-state index in [0.29, 0.717) is 20.9 Å². The lowest BCUT2D eigenvalue weighted by atomic mass is 9.98. The lowest BCUT2D eigenvalue weighted by molar-refractivity contribution is -0.135. The molecule has 0 fully saturated rings. The van der Waals surface area contributed by atoms with Crippen LogP contribution in [0.15, 0.2) is 66.7 Å². The van der Waals surface area contributed by atoms with Crippen molar-refractivity contribution in [3.8, 4) is 11.1 Å². The predicted octanol–water partition coefficient (Wildman–Crippen LogP) is 4.47. The van der Waals surface area contributed by atoms with E-state index in [1.807, 2.05) is 24.3 Å². The zero-order valence-corrected chi connectivity index (χ0v) is 18.6. The number of carbonyl (C=O) groups is 3. The summed E-state index contributed by atoms with van der Waals surface area (Å²) >= 11 is 1.20.